The van der Waals surface area contributed by atoms with Gasteiger partial charge in [-0.15, -0.1) is 0 Å². The molecule has 1 N–H and O–H groups in total. The molecule has 2 aliphatic rings. The van der Waals surface area contributed by atoms with Gasteiger partial charge in [-0.1, -0.05) is 73.5 Å². The summed E-state index contributed by atoms with van der Waals surface area (Å²) in [5.41, 5.74) is 8.65. The van der Waals surface area contributed by atoms with Crippen molar-refractivity contribution in [2.75, 3.05) is 0 Å². The summed E-state index contributed by atoms with van der Waals surface area (Å²) < 4.78 is 5.59. The number of nitrogens with one attached hydrogen (secondary N) is 1. The molecule has 0 amide bonds. The highest BCUT2D eigenvalue weighted by Gasteiger charge is 2.35. The van der Waals surface area contributed by atoms with Crippen LogP contribution in [0.15, 0.2) is 71.3 Å². The molecule has 1 saturated carbocycles. The highest BCUT2D eigenvalue weighted by atomic mass is 16.5. The van der Waals surface area contributed by atoms with Gasteiger partial charge in [-0.3, -0.25) is 10.2 Å². The van der Waals surface area contributed by atoms with Crippen molar-refractivity contribution in [2.45, 2.75) is 38.2 Å². The summed E-state index contributed by atoms with van der Waals surface area (Å²) in [6.45, 7) is 0.590. The predicted octanol–water partition coefficient (Wildman–Crippen LogP) is 4.53. The summed E-state index contributed by atoms with van der Waals surface area (Å²) in [4.78, 5) is 11.2. The van der Waals surface area contributed by atoms with Gasteiger partial charge >= 0.3 is 0 Å². The van der Waals surface area contributed by atoms with Crippen LogP contribution in [0.4, 0.5) is 0 Å². The van der Waals surface area contributed by atoms with Crippen molar-refractivity contribution in [1.29, 1.82) is 0 Å². The monoisotopic (exact) mass is 360 g/mol. The van der Waals surface area contributed by atoms with Gasteiger partial charge in [0.25, 0.3) is 6.47 Å². The molecule has 4 heteroatoms. The highest BCUT2D eigenvalue weighted by Crippen LogP contribution is 2.38. The van der Waals surface area contributed by atoms with E-state index in [4.69, 9.17) is 9.84 Å². The predicted molar refractivity (Wildman–Crippen MR) is 107 cm³/mol. The fourth-order valence-corrected chi connectivity index (χ4v) is 4.19. The third-order valence-corrected chi connectivity index (χ3v) is 5.44. The first-order valence-electron chi connectivity index (χ1n) is 9.66. The van der Waals surface area contributed by atoms with Crippen LogP contribution in [-0.2, 0) is 9.53 Å². The number of hydrazone groups is 1. The molecule has 0 bridgehead atoms. The lowest BCUT2D eigenvalue weighted by molar-refractivity contribution is -0.132. The summed E-state index contributed by atoms with van der Waals surface area (Å²) >= 11 is 0. The lowest BCUT2D eigenvalue weighted by Crippen LogP contribution is -2.35. The van der Waals surface area contributed by atoms with E-state index in [9.17, 15) is 4.79 Å². The van der Waals surface area contributed by atoms with Gasteiger partial charge in [0.2, 0.25) is 0 Å². The van der Waals surface area contributed by atoms with Crippen LogP contribution in [0.25, 0.3) is 5.70 Å². The standard InChI is InChI=1S/C23H24N2O2/c26-16-27-20-15-9-3-8-14-19-21(20)23(18-12-6-2-7-13-18)25-24-22(19)17-10-4-1-5-11-17/h1-2,4-7,10-13,16,19-20,25H,3,8-9,14-15H2. The molecule has 1 heterocycles. The molecular formula is C23H24N2O2. The van der Waals surface area contributed by atoms with Gasteiger partial charge in [0.1, 0.15) is 6.10 Å². The average Bonchev–Trinajstić information content (AvgIpc) is 2.72. The molecule has 0 aromatic heterocycles. The number of carbonyl (C=O) groups is 1. The third-order valence-electron chi connectivity index (χ3n) is 5.44. The zero-order chi connectivity index (χ0) is 18.5. The van der Waals surface area contributed by atoms with E-state index in [2.05, 4.69) is 29.7 Å². The minimum absolute atomic E-state index is 0.147. The van der Waals surface area contributed by atoms with Crippen LogP contribution in [0, 0.1) is 5.92 Å². The Bertz CT molecular complexity index is 843. The van der Waals surface area contributed by atoms with Gasteiger partial charge in [0.15, 0.2) is 0 Å². The molecule has 0 radical (unpaired) electrons. The Balaban J connectivity index is 1.83. The number of fused-ring (bicyclic) bond motifs is 1. The molecule has 1 aliphatic heterocycles. The summed E-state index contributed by atoms with van der Waals surface area (Å²) in [7, 11) is 0. The minimum Gasteiger partial charge on any atom is -0.460 e. The van der Waals surface area contributed by atoms with Gasteiger partial charge in [0.05, 0.1) is 11.4 Å². The molecule has 4 rings (SSSR count). The van der Waals surface area contributed by atoms with Crippen molar-refractivity contribution >= 4 is 17.9 Å². The maximum absolute atomic E-state index is 11.2. The topological polar surface area (TPSA) is 50.7 Å². The fourth-order valence-electron chi connectivity index (χ4n) is 4.19. The molecule has 138 valence electrons. The van der Waals surface area contributed by atoms with Crippen molar-refractivity contribution < 1.29 is 9.53 Å². The number of nitrogens with zero attached hydrogens (tertiary/aromatic N) is 1. The Labute approximate surface area is 159 Å². The van der Waals surface area contributed by atoms with E-state index in [1.54, 1.807) is 0 Å². The maximum atomic E-state index is 11.2. The quantitative estimate of drug-likeness (QED) is 0.815. The zero-order valence-electron chi connectivity index (χ0n) is 15.3. The number of ether oxygens (including phenoxy) is 1. The van der Waals surface area contributed by atoms with Gasteiger partial charge in [-0.25, -0.2) is 0 Å². The number of rotatable bonds is 4. The van der Waals surface area contributed by atoms with E-state index >= 15 is 0 Å². The molecule has 2 aromatic rings. The second kappa shape index (κ2) is 8.21. The molecule has 4 nitrogen and oxygen atoms in total. The number of carbonyl (C=O) groups excluding carboxylic acids is 1. The van der Waals surface area contributed by atoms with Crippen LogP contribution < -0.4 is 5.43 Å². The first-order valence-corrected chi connectivity index (χ1v) is 9.66. The van der Waals surface area contributed by atoms with E-state index in [1.807, 2.05) is 36.4 Å². The third kappa shape index (κ3) is 3.65. The van der Waals surface area contributed by atoms with Crippen LogP contribution in [0.2, 0.25) is 0 Å². The molecule has 1 aliphatic carbocycles. The Morgan fingerprint density at radius 3 is 2.26 bits per heavy atom. The fraction of sp³-hybridized carbons (Fsp3) is 0.304. The van der Waals surface area contributed by atoms with E-state index in [1.165, 1.54) is 0 Å². The van der Waals surface area contributed by atoms with Crippen molar-refractivity contribution in [2.24, 2.45) is 11.0 Å². The van der Waals surface area contributed by atoms with Crippen molar-refractivity contribution in [3.05, 3.63) is 77.4 Å². The van der Waals surface area contributed by atoms with Crippen LogP contribution in [0.5, 0.6) is 0 Å². The van der Waals surface area contributed by atoms with E-state index in [0.717, 1.165) is 60.2 Å². The molecule has 1 fully saturated rings. The average molecular weight is 360 g/mol. The SMILES string of the molecule is O=COC1CCCCCC2C(c3ccccc3)=NNC(c3ccccc3)=C12. The van der Waals surface area contributed by atoms with E-state index < -0.39 is 0 Å². The Morgan fingerprint density at radius 2 is 1.56 bits per heavy atom. The van der Waals surface area contributed by atoms with E-state index in [0.29, 0.717) is 6.47 Å². The summed E-state index contributed by atoms with van der Waals surface area (Å²) in [6, 6.07) is 20.5. The lowest BCUT2D eigenvalue weighted by Gasteiger charge is -2.35. The molecule has 2 aromatic carbocycles. The normalized spacial score (nSPS) is 22.6. The molecule has 0 saturated heterocycles. The molecule has 2 unspecified atom stereocenters. The van der Waals surface area contributed by atoms with Crippen molar-refractivity contribution in [1.82, 2.24) is 5.43 Å². The Kier molecular flexibility index (Phi) is 5.33. The molecule has 2 atom stereocenters. The molecular weight excluding hydrogens is 336 g/mol. The van der Waals surface area contributed by atoms with Gasteiger partial charge < -0.3 is 4.74 Å². The summed E-state index contributed by atoms with van der Waals surface area (Å²) in [6.07, 6.45) is 5.01. The van der Waals surface area contributed by atoms with Crippen LogP contribution >= 0.6 is 0 Å². The largest absolute Gasteiger partial charge is 0.460 e. The second-order valence-electron chi connectivity index (χ2n) is 7.08. The second-order valence-corrected chi connectivity index (χ2v) is 7.08. The Hall–Kier alpha value is -2.88. The van der Waals surface area contributed by atoms with Gasteiger partial charge in [0, 0.05) is 11.5 Å². The molecule has 27 heavy (non-hydrogen) atoms. The minimum atomic E-state index is -0.218. The summed E-state index contributed by atoms with van der Waals surface area (Å²) in [5, 5.41) is 4.77. The maximum Gasteiger partial charge on any atom is 0.293 e. The smallest absolute Gasteiger partial charge is 0.293 e. The summed E-state index contributed by atoms with van der Waals surface area (Å²) in [5.74, 6) is 0.147. The highest BCUT2D eigenvalue weighted by molar-refractivity contribution is 6.06. The van der Waals surface area contributed by atoms with E-state index in [-0.39, 0.29) is 12.0 Å². The van der Waals surface area contributed by atoms with Crippen LogP contribution in [0.1, 0.15) is 43.2 Å². The first-order chi connectivity index (χ1) is 13.4. The first kappa shape index (κ1) is 17.5. The zero-order valence-corrected chi connectivity index (χ0v) is 15.3. The van der Waals surface area contributed by atoms with Gasteiger partial charge in [-0.05, 0) is 30.4 Å². The lowest BCUT2D eigenvalue weighted by atomic mass is 9.77. The van der Waals surface area contributed by atoms with Crippen LogP contribution in [-0.4, -0.2) is 18.3 Å². The van der Waals surface area contributed by atoms with Crippen LogP contribution in [0.3, 0.4) is 0 Å². The number of hydrogen-bond donors (Lipinski definition) is 1. The number of hydrogen-bond acceptors (Lipinski definition) is 4. The van der Waals surface area contributed by atoms with Gasteiger partial charge in [-0.2, -0.15) is 5.10 Å². The van der Waals surface area contributed by atoms with Crippen molar-refractivity contribution in [3.63, 3.8) is 0 Å². The van der Waals surface area contributed by atoms with Crippen molar-refractivity contribution in [3.8, 4) is 0 Å². The Morgan fingerprint density at radius 1 is 0.889 bits per heavy atom. The molecule has 0 spiro atoms. The number of benzene rings is 2.